The van der Waals surface area contributed by atoms with Crippen LogP contribution in [0.25, 0.3) is 0 Å². The molecular weight excluding hydrogens is 252 g/mol. The Morgan fingerprint density at radius 1 is 0.600 bits per heavy atom. The van der Waals surface area contributed by atoms with Gasteiger partial charge in [0.1, 0.15) is 12.2 Å². The lowest BCUT2D eigenvalue weighted by Gasteiger charge is -2.44. The maximum Gasteiger partial charge on any atom is 0.101 e. The summed E-state index contributed by atoms with van der Waals surface area (Å²) in [5.74, 6) is 0. The maximum absolute atomic E-state index is 10.5. The van der Waals surface area contributed by atoms with Crippen LogP contribution < -0.4 is 0 Å². The van der Waals surface area contributed by atoms with Gasteiger partial charge in [0.15, 0.2) is 0 Å². The minimum atomic E-state index is -0.648. The Bertz CT molecular complexity index is 303. The van der Waals surface area contributed by atoms with Gasteiger partial charge in [0, 0.05) is 0 Å². The van der Waals surface area contributed by atoms with Crippen LogP contribution in [0.1, 0.15) is 38.5 Å². The van der Waals surface area contributed by atoms with Crippen molar-refractivity contribution in [2.24, 2.45) is 0 Å². The molecule has 0 aromatic carbocycles. The zero-order valence-corrected chi connectivity index (χ0v) is 12.3. The van der Waals surface area contributed by atoms with Crippen molar-refractivity contribution in [3.8, 4) is 0 Å². The molecule has 0 amide bonds. The highest BCUT2D eigenvalue weighted by atomic mass is 16.3. The second-order valence-electron chi connectivity index (χ2n) is 6.54. The zero-order chi connectivity index (χ0) is 13.9. The molecule has 114 valence electrons. The molecule has 2 fully saturated rings. The minimum Gasteiger partial charge on any atom is -0.388 e. The molecule has 2 saturated heterocycles. The average Bonchev–Trinajstić information content (AvgIpc) is 2.52. The molecule has 4 heteroatoms. The quantitative estimate of drug-likeness (QED) is 0.741. The maximum atomic E-state index is 10.5. The predicted octanol–water partition coefficient (Wildman–Crippen LogP) is 0.987. The zero-order valence-electron chi connectivity index (χ0n) is 12.3. The van der Waals surface area contributed by atoms with Gasteiger partial charge in [-0.15, -0.1) is 0 Å². The molecule has 3 aliphatic rings. The van der Waals surface area contributed by atoms with Crippen molar-refractivity contribution < 1.29 is 10.2 Å². The molecule has 0 aromatic heterocycles. The monoisotopic (exact) mass is 280 g/mol. The third kappa shape index (κ3) is 2.93. The summed E-state index contributed by atoms with van der Waals surface area (Å²) in [6.07, 6.45) is 10.4. The molecule has 3 rings (SSSR count). The van der Waals surface area contributed by atoms with E-state index in [1.165, 1.54) is 38.5 Å². The fourth-order valence-electron chi connectivity index (χ4n) is 3.97. The largest absolute Gasteiger partial charge is 0.388 e. The third-order valence-electron chi connectivity index (χ3n) is 5.18. The summed E-state index contributed by atoms with van der Waals surface area (Å²) < 4.78 is 0. The Hall–Kier alpha value is -0.420. The van der Waals surface area contributed by atoms with Gasteiger partial charge in [-0.05, 0) is 51.9 Å². The van der Waals surface area contributed by atoms with Crippen molar-refractivity contribution in [3.05, 3.63) is 12.2 Å². The number of piperidine rings is 2. The lowest BCUT2D eigenvalue weighted by Crippen LogP contribution is -2.58. The first kappa shape index (κ1) is 14.5. The number of aliphatic hydroxyl groups excluding tert-OH is 2. The molecule has 0 spiro atoms. The van der Waals surface area contributed by atoms with Gasteiger partial charge in [-0.25, -0.2) is 0 Å². The molecular formula is C16H28N2O2. The van der Waals surface area contributed by atoms with E-state index in [-0.39, 0.29) is 12.1 Å². The van der Waals surface area contributed by atoms with Gasteiger partial charge in [-0.2, -0.15) is 0 Å². The Morgan fingerprint density at radius 2 is 0.950 bits per heavy atom. The van der Waals surface area contributed by atoms with Crippen LogP contribution in [0, 0.1) is 0 Å². The van der Waals surface area contributed by atoms with Crippen molar-refractivity contribution in [2.75, 3.05) is 26.2 Å². The van der Waals surface area contributed by atoms with Crippen LogP contribution in [-0.2, 0) is 0 Å². The summed E-state index contributed by atoms with van der Waals surface area (Å²) in [5, 5.41) is 21.0. The highest BCUT2D eigenvalue weighted by Crippen LogP contribution is 2.26. The van der Waals surface area contributed by atoms with Crippen LogP contribution in [0.3, 0.4) is 0 Å². The summed E-state index contributed by atoms with van der Waals surface area (Å²) in [6, 6.07) is 0.0117. The van der Waals surface area contributed by atoms with Crippen molar-refractivity contribution in [2.45, 2.75) is 62.8 Å². The Balaban J connectivity index is 1.68. The minimum absolute atomic E-state index is 0.00587. The predicted molar refractivity (Wildman–Crippen MR) is 79.6 cm³/mol. The number of nitrogens with zero attached hydrogens (tertiary/aromatic N) is 2. The number of aliphatic hydroxyl groups is 2. The fourth-order valence-corrected chi connectivity index (χ4v) is 3.97. The Kier molecular flexibility index (Phi) is 4.76. The van der Waals surface area contributed by atoms with Crippen LogP contribution >= 0.6 is 0 Å². The van der Waals surface area contributed by atoms with Gasteiger partial charge >= 0.3 is 0 Å². The van der Waals surface area contributed by atoms with Crippen LogP contribution in [0.15, 0.2) is 12.2 Å². The first-order valence-corrected chi connectivity index (χ1v) is 8.30. The number of rotatable bonds is 2. The van der Waals surface area contributed by atoms with E-state index in [0.29, 0.717) is 0 Å². The molecule has 1 aliphatic carbocycles. The second kappa shape index (κ2) is 6.56. The second-order valence-corrected chi connectivity index (χ2v) is 6.54. The van der Waals surface area contributed by atoms with Gasteiger partial charge in [0.05, 0.1) is 12.1 Å². The molecule has 4 nitrogen and oxygen atoms in total. The van der Waals surface area contributed by atoms with Gasteiger partial charge < -0.3 is 10.2 Å². The molecule has 2 N–H and O–H groups in total. The van der Waals surface area contributed by atoms with Gasteiger partial charge in [-0.1, -0.05) is 25.0 Å². The number of hydrogen-bond donors (Lipinski definition) is 2. The highest BCUT2D eigenvalue weighted by Gasteiger charge is 2.39. The topological polar surface area (TPSA) is 46.9 Å². The lowest BCUT2D eigenvalue weighted by atomic mass is 9.88. The van der Waals surface area contributed by atoms with E-state index in [9.17, 15) is 10.2 Å². The van der Waals surface area contributed by atoms with E-state index in [2.05, 4.69) is 22.0 Å². The Labute approximate surface area is 122 Å². The van der Waals surface area contributed by atoms with E-state index < -0.39 is 12.2 Å². The standard InChI is InChI=1S/C16H28N2O2/c19-15-13(17-9-3-1-4-10-17)7-8-14(16(15)20)18-11-5-2-6-12-18/h7-8,13-16,19-20H,1-6,9-12H2/t13-,14-,15+,16+/m1/s1. The van der Waals surface area contributed by atoms with Crippen LogP contribution in [-0.4, -0.2) is 70.5 Å². The van der Waals surface area contributed by atoms with Crippen molar-refractivity contribution >= 4 is 0 Å². The summed E-state index contributed by atoms with van der Waals surface area (Å²) in [6.45, 7) is 4.20. The molecule has 20 heavy (non-hydrogen) atoms. The fraction of sp³-hybridized carbons (Fsp3) is 0.875. The summed E-state index contributed by atoms with van der Waals surface area (Å²) in [4.78, 5) is 4.67. The summed E-state index contributed by atoms with van der Waals surface area (Å²) in [5.41, 5.74) is 0. The van der Waals surface area contributed by atoms with E-state index in [0.717, 1.165) is 26.2 Å². The molecule has 0 radical (unpaired) electrons. The van der Waals surface area contributed by atoms with Gasteiger partial charge in [0.2, 0.25) is 0 Å². The van der Waals surface area contributed by atoms with Crippen molar-refractivity contribution in [1.29, 1.82) is 0 Å². The van der Waals surface area contributed by atoms with Crippen molar-refractivity contribution in [1.82, 2.24) is 9.80 Å². The molecule has 0 bridgehead atoms. The SMILES string of the molecule is O[C@@H]1[C@@H](O)[C@H](N2CCCCC2)C=C[C@H]1N1CCCCC1. The average molecular weight is 280 g/mol. The smallest absolute Gasteiger partial charge is 0.101 e. The lowest BCUT2D eigenvalue weighted by molar-refractivity contribution is -0.0672. The molecule has 0 saturated carbocycles. The van der Waals surface area contributed by atoms with Crippen molar-refractivity contribution in [3.63, 3.8) is 0 Å². The molecule has 4 atom stereocenters. The van der Waals surface area contributed by atoms with E-state index in [1.54, 1.807) is 0 Å². The van der Waals surface area contributed by atoms with E-state index in [4.69, 9.17) is 0 Å². The normalized spacial score (nSPS) is 40.9. The number of hydrogen-bond acceptors (Lipinski definition) is 4. The summed E-state index contributed by atoms with van der Waals surface area (Å²) in [7, 11) is 0. The van der Waals surface area contributed by atoms with Gasteiger partial charge in [-0.3, -0.25) is 9.80 Å². The third-order valence-corrected chi connectivity index (χ3v) is 5.18. The van der Waals surface area contributed by atoms with E-state index in [1.807, 2.05) is 0 Å². The first-order valence-electron chi connectivity index (χ1n) is 8.30. The van der Waals surface area contributed by atoms with Crippen LogP contribution in [0.5, 0.6) is 0 Å². The molecule has 2 aliphatic heterocycles. The molecule has 0 unspecified atom stereocenters. The van der Waals surface area contributed by atoms with E-state index >= 15 is 0 Å². The number of likely N-dealkylation sites (tertiary alicyclic amines) is 2. The molecule has 2 heterocycles. The molecule has 0 aromatic rings. The Morgan fingerprint density at radius 3 is 1.30 bits per heavy atom. The van der Waals surface area contributed by atoms with Crippen LogP contribution in [0.4, 0.5) is 0 Å². The highest BCUT2D eigenvalue weighted by molar-refractivity contribution is 5.14. The van der Waals surface area contributed by atoms with Gasteiger partial charge in [0.25, 0.3) is 0 Å². The summed E-state index contributed by atoms with van der Waals surface area (Å²) >= 11 is 0. The van der Waals surface area contributed by atoms with Crippen LogP contribution in [0.2, 0.25) is 0 Å². The first-order chi connectivity index (χ1) is 9.77.